The first-order chi connectivity index (χ1) is 14.8. The van der Waals surface area contributed by atoms with Crippen LogP contribution in [0.2, 0.25) is 0 Å². The van der Waals surface area contributed by atoms with Gasteiger partial charge in [-0.15, -0.1) is 0 Å². The predicted molar refractivity (Wildman–Crippen MR) is 120 cm³/mol. The van der Waals surface area contributed by atoms with Crippen LogP contribution in [0.4, 0.5) is 10.1 Å². The van der Waals surface area contributed by atoms with Crippen molar-refractivity contribution in [3.8, 4) is 22.4 Å². The summed E-state index contributed by atoms with van der Waals surface area (Å²) in [5, 5.41) is 0. The SMILES string of the molecule is Fc1ccc(-c2[nH]c(C3CCN(c4ccccc4)CC3)cc2-c2ccncc2)cc1. The van der Waals surface area contributed by atoms with Crippen molar-refractivity contribution in [1.82, 2.24) is 9.97 Å². The molecule has 2 aromatic carbocycles. The lowest BCUT2D eigenvalue weighted by Gasteiger charge is -2.33. The molecule has 0 saturated carbocycles. The quantitative estimate of drug-likeness (QED) is 0.440. The molecule has 1 N–H and O–H groups in total. The van der Waals surface area contributed by atoms with Gasteiger partial charge in [-0.25, -0.2) is 4.39 Å². The standard InChI is InChI=1S/C26H24FN3/c27-22-8-6-21(7-9-22)26-24(19-10-14-28-15-11-19)18-25(29-26)20-12-16-30(17-13-20)23-4-2-1-3-5-23/h1-11,14-15,18,20,29H,12-13,16-17H2. The van der Waals surface area contributed by atoms with Crippen molar-refractivity contribution in [2.45, 2.75) is 18.8 Å². The van der Waals surface area contributed by atoms with Gasteiger partial charge in [-0.1, -0.05) is 18.2 Å². The number of anilines is 1. The number of benzene rings is 2. The number of hydrogen-bond donors (Lipinski definition) is 1. The van der Waals surface area contributed by atoms with Crippen molar-refractivity contribution >= 4 is 5.69 Å². The normalized spacial score (nSPS) is 14.8. The molecule has 0 atom stereocenters. The first-order valence-corrected chi connectivity index (χ1v) is 10.5. The molecule has 150 valence electrons. The molecule has 3 heterocycles. The van der Waals surface area contributed by atoms with Gasteiger partial charge in [0, 0.05) is 48.3 Å². The van der Waals surface area contributed by atoms with Gasteiger partial charge in [0.05, 0.1) is 5.69 Å². The van der Waals surface area contributed by atoms with Crippen molar-refractivity contribution < 1.29 is 4.39 Å². The minimum atomic E-state index is -0.218. The van der Waals surface area contributed by atoms with E-state index in [1.165, 1.54) is 23.5 Å². The average Bonchev–Trinajstić information content (AvgIpc) is 3.26. The largest absolute Gasteiger partial charge is 0.371 e. The van der Waals surface area contributed by atoms with Gasteiger partial charge in [0.15, 0.2) is 0 Å². The van der Waals surface area contributed by atoms with Gasteiger partial charge in [0.25, 0.3) is 0 Å². The van der Waals surface area contributed by atoms with Gasteiger partial charge < -0.3 is 9.88 Å². The fourth-order valence-electron chi connectivity index (χ4n) is 4.39. The van der Waals surface area contributed by atoms with Gasteiger partial charge in [0.2, 0.25) is 0 Å². The zero-order valence-corrected chi connectivity index (χ0v) is 16.8. The van der Waals surface area contributed by atoms with Crippen molar-refractivity contribution in [2.24, 2.45) is 0 Å². The number of nitrogens with zero attached hydrogens (tertiary/aromatic N) is 2. The van der Waals surface area contributed by atoms with Gasteiger partial charge in [-0.2, -0.15) is 0 Å². The summed E-state index contributed by atoms with van der Waals surface area (Å²) in [6.45, 7) is 2.09. The molecule has 4 aromatic rings. The van der Waals surface area contributed by atoms with Gasteiger partial charge in [-0.3, -0.25) is 4.98 Å². The predicted octanol–water partition coefficient (Wildman–Crippen LogP) is 6.27. The van der Waals surface area contributed by atoms with Crippen LogP contribution in [0.15, 0.2) is 85.2 Å². The summed E-state index contributed by atoms with van der Waals surface area (Å²) in [5.74, 6) is 0.268. The number of hydrogen-bond acceptors (Lipinski definition) is 2. The van der Waals surface area contributed by atoms with E-state index in [1.54, 1.807) is 0 Å². The monoisotopic (exact) mass is 397 g/mol. The number of H-pyrrole nitrogens is 1. The fourth-order valence-corrected chi connectivity index (χ4v) is 4.39. The molecule has 1 aliphatic rings. The summed E-state index contributed by atoms with van der Waals surface area (Å²) in [6.07, 6.45) is 5.84. The van der Waals surface area contributed by atoms with E-state index in [9.17, 15) is 4.39 Å². The average molecular weight is 397 g/mol. The summed E-state index contributed by atoms with van der Waals surface area (Å²) in [4.78, 5) is 10.3. The summed E-state index contributed by atoms with van der Waals surface area (Å²) < 4.78 is 13.5. The Kier molecular flexibility index (Phi) is 5.06. The van der Waals surface area contributed by atoms with E-state index < -0.39 is 0 Å². The topological polar surface area (TPSA) is 31.9 Å². The van der Waals surface area contributed by atoms with Crippen LogP contribution in [0.3, 0.4) is 0 Å². The number of nitrogens with one attached hydrogen (secondary N) is 1. The van der Waals surface area contributed by atoms with Crippen LogP contribution in [0, 0.1) is 5.82 Å². The Morgan fingerprint density at radius 1 is 0.833 bits per heavy atom. The molecule has 5 rings (SSSR count). The lowest BCUT2D eigenvalue weighted by Crippen LogP contribution is -2.32. The maximum absolute atomic E-state index is 13.5. The van der Waals surface area contributed by atoms with E-state index in [0.717, 1.165) is 48.3 Å². The van der Waals surface area contributed by atoms with Crippen LogP contribution in [0.1, 0.15) is 24.5 Å². The lowest BCUT2D eigenvalue weighted by atomic mass is 9.92. The Morgan fingerprint density at radius 2 is 1.53 bits per heavy atom. The van der Waals surface area contributed by atoms with E-state index in [1.807, 2.05) is 36.7 Å². The molecule has 0 bridgehead atoms. The number of aromatic amines is 1. The Hall–Kier alpha value is -3.40. The van der Waals surface area contributed by atoms with Crippen LogP contribution in [-0.4, -0.2) is 23.1 Å². The van der Waals surface area contributed by atoms with Crippen molar-refractivity contribution in [1.29, 1.82) is 0 Å². The Balaban J connectivity index is 1.44. The molecular weight excluding hydrogens is 373 g/mol. The molecule has 2 aromatic heterocycles. The highest BCUT2D eigenvalue weighted by molar-refractivity contribution is 5.82. The van der Waals surface area contributed by atoms with Crippen molar-refractivity contribution in [2.75, 3.05) is 18.0 Å². The minimum absolute atomic E-state index is 0.218. The van der Waals surface area contributed by atoms with E-state index in [4.69, 9.17) is 0 Å². The molecule has 0 amide bonds. The molecule has 0 spiro atoms. The minimum Gasteiger partial charge on any atom is -0.371 e. The second-order valence-corrected chi connectivity index (χ2v) is 7.85. The first-order valence-electron chi connectivity index (χ1n) is 10.5. The number of halogens is 1. The zero-order chi connectivity index (χ0) is 20.3. The second-order valence-electron chi connectivity index (χ2n) is 7.85. The molecule has 4 heteroatoms. The van der Waals surface area contributed by atoms with Gasteiger partial charge in [-0.05, 0) is 78.6 Å². The number of piperidine rings is 1. The van der Waals surface area contributed by atoms with Crippen LogP contribution in [0.5, 0.6) is 0 Å². The Labute approximate surface area is 176 Å². The van der Waals surface area contributed by atoms with Gasteiger partial charge in [0.1, 0.15) is 5.82 Å². The highest BCUT2D eigenvalue weighted by Gasteiger charge is 2.24. The summed E-state index contributed by atoms with van der Waals surface area (Å²) in [5.41, 5.74) is 6.86. The number of para-hydroxylation sites is 1. The fraction of sp³-hybridized carbons (Fsp3) is 0.192. The summed E-state index contributed by atoms with van der Waals surface area (Å²) in [7, 11) is 0. The molecule has 1 fully saturated rings. The van der Waals surface area contributed by atoms with E-state index in [2.05, 4.69) is 51.3 Å². The van der Waals surface area contributed by atoms with E-state index >= 15 is 0 Å². The summed E-state index contributed by atoms with van der Waals surface area (Å²) in [6, 6.07) is 23.7. The maximum atomic E-state index is 13.5. The molecule has 3 nitrogen and oxygen atoms in total. The van der Waals surface area contributed by atoms with E-state index in [0.29, 0.717) is 5.92 Å². The summed E-state index contributed by atoms with van der Waals surface area (Å²) >= 11 is 0. The third-order valence-electron chi connectivity index (χ3n) is 6.02. The molecule has 1 saturated heterocycles. The second kappa shape index (κ2) is 8.15. The number of aromatic nitrogens is 2. The van der Waals surface area contributed by atoms with Crippen LogP contribution in [-0.2, 0) is 0 Å². The third-order valence-corrected chi connectivity index (χ3v) is 6.02. The molecule has 0 aliphatic carbocycles. The maximum Gasteiger partial charge on any atom is 0.123 e. The third kappa shape index (κ3) is 3.73. The van der Waals surface area contributed by atoms with Crippen molar-refractivity contribution in [3.63, 3.8) is 0 Å². The van der Waals surface area contributed by atoms with Crippen LogP contribution in [0.25, 0.3) is 22.4 Å². The number of rotatable bonds is 4. The molecule has 0 radical (unpaired) electrons. The van der Waals surface area contributed by atoms with Crippen LogP contribution < -0.4 is 4.90 Å². The molecule has 30 heavy (non-hydrogen) atoms. The highest BCUT2D eigenvalue weighted by atomic mass is 19.1. The zero-order valence-electron chi connectivity index (χ0n) is 16.8. The van der Waals surface area contributed by atoms with Gasteiger partial charge >= 0.3 is 0 Å². The highest BCUT2D eigenvalue weighted by Crippen LogP contribution is 2.37. The van der Waals surface area contributed by atoms with Crippen LogP contribution >= 0.6 is 0 Å². The molecular formula is C26H24FN3. The Morgan fingerprint density at radius 3 is 2.23 bits per heavy atom. The van der Waals surface area contributed by atoms with Crippen molar-refractivity contribution in [3.05, 3.63) is 96.7 Å². The molecule has 1 aliphatic heterocycles. The Bertz CT molecular complexity index is 1100. The smallest absolute Gasteiger partial charge is 0.123 e. The number of pyridine rings is 1. The van der Waals surface area contributed by atoms with E-state index in [-0.39, 0.29) is 5.82 Å². The first kappa shape index (κ1) is 18.6. The molecule has 0 unspecified atom stereocenters. The lowest BCUT2D eigenvalue weighted by molar-refractivity contribution is 0.498.